The van der Waals surface area contributed by atoms with Crippen LogP contribution in [-0.4, -0.2) is 39.2 Å². The van der Waals surface area contributed by atoms with Gasteiger partial charge in [0.2, 0.25) is 0 Å². The normalized spacial score (nSPS) is 19.5. The molecule has 1 aliphatic heterocycles. The van der Waals surface area contributed by atoms with Crippen LogP contribution in [0.5, 0.6) is 5.75 Å². The number of benzene rings is 1. The molecule has 27 heavy (non-hydrogen) atoms. The molecule has 1 heterocycles. The molecule has 6 heteroatoms. The molecule has 0 aromatic heterocycles. The zero-order valence-corrected chi connectivity index (χ0v) is 16.0. The summed E-state index contributed by atoms with van der Waals surface area (Å²) in [4.78, 5) is 25.6. The van der Waals surface area contributed by atoms with E-state index in [9.17, 15) is 9.59 Å². The third-order valence-electron chi connectivity index (χ3n) is 4.97. The Hall–Kier alpha value is -2.60. The molecule has 0 saturated carbocycles. The number of allylic oxidation sites excluding steroid dienone is 3. The van der Waals surface area contributed by atoms with Crippen LogP contribution >= 0.6 is 0 Å². The largest absolute Gasteiger partial charge is 0.497 e. The number of ether oxygens (including phenoxy) is 3. The lowest BCUT2D eigenvalue weighted by Crippen LogP contribution is -2.34. The Balaban J connectivity index is 2.03. The summed E-state index contributed by atoms with van der Waals surface area (Å²) in [5, 5.41) is 3.27. The molecule has 0 amide bonds. The second-order valence-electron chi connectivity index (χ2n) is 6.67. The second kappa shape index (κ2) is 8.39. The quantitative estimate of drug-likeness (QED) is 0.612. The first-order valence-corrected chi connectivity index (χ1v) is 9.10. The molecule has 2 aliphatic rings. The van der Waals surface area contributed by atoms with Crippen LogP contribution in [0.25, 0.3) is 0 Å². The summed E-state index contributed by atoms with van der Waals surface area (Å²) < 4.78 is 15.6. The van der Waals surface area contributed by atoms with Crippen molar-refractivity contribution in [2.45, 2.75) is 32.1 Å². The average Bonchev–Trinajstić information content (AvgIpc) is 2.67. The van der Waals surface area contributed by atoms with Gasteiger partial charge in [-0.05, 0) is 37.5 Å². The SMILES string of the molecule is COCCOC(=O)C1=C(C)NC2=C(C(=O)CCC2)[C@@H]1c1ccc(OC)cc1. The summed E-state index contributed by atoms with van der Waals surface area (Å²) in [7, 11) is 3.16. The van der Waals surface area contributed by atoms with E-state index in [0.717, 1.165) is 35.5 Å². The standard InChI is InChI=1S/C21H25NO5/c1-13-18(21(24)27-12-11-25-2)19(14-7-9-15(26-3)10-8-14)20-16(22-13)5-4-6-17(20)23/h7-10,19,22H,4-6,11-12H2,1-3H3/t19-/m1/s1. The average molecular weight is 371 g/mol. The van der Waals surface area contributed by atoms with E-state index in [0.29, 0.717) is 24.2 Å². The van der Waals surface area contributed by atoms with E-state index >= 15 is 0 Å². The van der Waals surface area contributed by atoms with Crippen molar-refractivity contribution in [2.24, 2.45) is 0 Å². The van der Waals surface area contributed by atoms with Crippen LogP contribution in [0, 0.1) is 0 Å². The van der Waals surface area contributed by atoms with Crippen molar-refractivity contribution >= 4 is 11.8 Å². The van der Waals surface area contributed by atoms with Gasteiger partial charge in [0, 0.05) is 36.4 Å². The lowest BCUT2D eigenvalue weighted by Gasteiger charge is -2.34. The monoisotopic (exact) mass is 371 g/mol. The van der Waals surface area contributed by atoms with Crippen LogP contribution < -0.4 is 10.1 Å². The van der Waals surface area contributed by atoms with Gasteiger partial charge in [-0.1, -0.05) is 12.1 Å². The van der Waals surface area contributed by atoms with Crippen molar-refractivity contribution < 1.29 is 23.8 Å². The van der Waals surface area contributed by atoms with Crippen molar-refractivity contribution in [3.63, 3.8) is 0 Å². The highest BCUT2D eigenvalue weighted by atomic mass is 16.6. The van der Waals surface area contributed by atoms with Gasteiger partial charge in [0.25, 0.3) is 0 Å². The minimum atomic E-state index is -0.435. The Morgan fingerprint density at radius 3 is 2.56 bits per heavy atom. The number of carbonyl (C=O) groups is 2. The van der Waals surface area contributed by atoms with E-state index in [4.69, 9.17) is 14.2 Å². The molecule has 0 radical (unpaired) electrons. The lowest BCUT2D eigenvalue weighted by molar-refractivity contribution is -0.140. The first kappa shape index (κ1) is 19.2. The van der Waals surface area contributed by atoms with Gasteiger partial charge in [-0.15, -0.1) is 0 Å². The fourth-order valence-corrected chi connectivity index (χ4v) is 3.68. The molecule has 3 rings (SSSR count). The van der Waals surface area contributed by atoms with Gasteiger partial charge in [-0.2, -0.15) is 0 Å². The van der Waals surface area contributed by atoms with Gasteiger partial charge in [-0.25, -0.2) is 4.79 Å². The van der Waals surface area contributed by atoms with Crippen LogP contribution in [-0.2, 0) is 19.1 Å². The van der Waals surface area contributed by atoms with E-state index < -0.39 is 11.9 Å². The Morgan fingerprint density at radius 2 is 1.89 bits per heavy atom. The molecule has 0 unspecified atom stereocenters. The Morgan fingerprint density at radius 1 is 1.15 bits per heavy atom. The summed E-state index contributed by atoms with van der Waals surface area (Å²) in [6, 6.07) is 7.48. The summed E-state index contributed by atoms with van der Waals surface area (Å²) in [6.45, 7) is 2.35. The van der Waals surface area contributed by atoms with Gasteiger partial charge >= 0.3 is 5.97 Å². The van der Waals surface area contributed by atoms with E-state index in [2.05, 4.69) is 5.32 Å². The summed E-state index contributed by atoms with van der Waals surface area (Å²) >= 11 is 0. The number of esters is 1. The van der Waals surface area contributed by atoms with Gasteiger partial charge in [-0.3, -0.25) is 4.79 Å². The molecule has 1 aromatic rings. The molecule has 0 fully saturated rings. The van der Waals surface area contributed by atoms with Crippen LogP contribution in [0.3, 0.4) is 0 Å². The summed E-state index contributed by atoms with van der Waals surface area (Å²) in [5.74, 6) is -0.0566. The first-order chi connectivity index (χ1) is 13.1. The Bertz CT molecular complexity index is 791. The Labute approximate surface area is 159 Å². The van der Waals surface area contributed by atoms with Crippen LogP contribution in [0.4, 0.5) is 0 Å². The van der Waals surface area contributed by atoms with Crippen molar-refractivity contribution in [2.75, 3.05) is 27.4 Å². The Kier molecular flexibility index (Phi) is 5.96. The maximum atomic E-state index is 12.8. The van der Waals surface area contributed by atoms with Gasteiger partial charge in [0.1, 0.15) is 12.4 Å². The number of dihydropyridines is 1. The molecule has 1 atom stereocenters. The van der Waals surface area contributed by atoms with Gasteiger partial charge in [0.05, 0.1) is 19.3 Å². The van der Waals surface area contributed by atoms with Crippen molar-refractivity contribution in [3.05, 3.63) is 52.4 Å². The maximum Gasteiger partial charge on any atom is 0.336 e. The fraction of sp³-hybridized carbons (Fsp3) is 0.429. The first-order valence-electron chi connectivity index (χ1n) is 9.10. The third-order valence-corrected chi connectivity index (χ3v) is 4.97. The molecule has 0 bridgehead atoms. The topological polar surface area (TPSA) is 73.9 Å². The molecular weight excluding hydrogens is 346 g/mol. The molecule has 6 nitrogen and oxygen atoms in total. The highest BCUT2D eigenvalue weighted by molar-refractivity contribution is 6.03. The highest BCUT2D eigenvalue weighted by Crippen LogP contribution is 2.42. The maximum absolute atomic E-state index is 12.8. The number of carbonyl (C=O) groups excluding carboxylic acids is 2. The minimum absolute atomic E-state index is 0.0826. The van der Waals surface area contributed by atoms with Crippen molar-refractivity contribution in [1.82, 2.24) is 5.32 Å². The number of rotatable bonds is 6. The predicted molar refractivity (Wildman–Crippen MR) is 100 cm³/mol. The molecule has 144 valence electrons. The van der Waals surface area contributed by atoms with Gasteiger partial charge < -0.3 is 19.5 Å². The van der Waals surface area contributed by atoms with Crippen molar-refractivity contribution in [1.29, 1.82) is 0 Å². The number of hydrogen-bond acceptors (Lipinski definition) is 6. The van der Waals surface area contributed by atoms with Gasteiger partial charge in [0.15, 0.2) is 5.78 Å². The molecule has 1 N–H and O–H groups in total. The number of nitrogens with one attached hydrogen (secondary N) is 1. The fourth-order valence-electron chi connectivity index (χ4n) is 3.68. The van der Waals surface area contributed by atoms with Crippen LogP contribution in [0.15, 0.2) is 46.8 Å². The molecular formula is C21H25NO5. The molecule has 0 saturated heterocycles. The second-order valence-corrected chi connectivity index (χ2v) is 6.67. The number of Topliss-reactive ketones (excluding diaryl/α,β-unsaturated/α-hetero) is 1. The zero-order chi connectivity index (χ0) is 19.4. The van der Waals surface area contributed by atoms with E-state index in [-0.39, 0.29) is 12.4 Å². The lowest BCUT2D eigenvalue weighted by atomic mass is 9.75. The zero-order valence-electron chi connectivity index (χ0n) is 16.0. The van der Waals surface area contributed by atoms with E-state index in [1.54, 1.807) is 14.2 Å². The van der Waals surface area contributed by atoms with Crippen LogP contribution in [0.1, 0.15) is 37.7 Å². The van der Waals surface area contributed by atoms with Crippen molar-refractivity contribution in [3.8, 4) is 5.75 Å². The molecule has 0 spiro atoms. The predicted octanol–water partition coefficient (Wildman–Crippen LogP) is 2.85. The minimum Gasteiger partial charge on any atom is -0.497 e. The third kappa shape index (κ3) is 3.90. The molecule has 1 aliphatic carbocycles. The number of ketones is 1. The van der Waals surface area contributed by atoms with E-state index in [1.165, 1.54) is 0 Å². The number of methoxy groups -OCH3 is 2. The summed E-state index contributed by atoms with van der Waals surface area (Å²) in [5.41, 5.74) is 3.67. The summed E-state index contributed by atoms with van der Waals surface area (Å²) in [6.07, 6.45) is 2.12. The molecule has 1 aromatic carbocycles. The highest BCUT2D eigenvalue weighted by Gasteiger charge is 2.39. The number of hydrogen-bond donors (Lipinski definition) is 1. The van der Waals surface area contributed by atoms with E-state index in [1.807, 2.05) is 31.2 Å². The smallest absolute Gasteiger partial charge is 0.336 e. The van der Waals surface area contributed by atoms with Crippen LogP contribution in [0.2, 0.25) is 0 Å².